The van der Waals surface area contributed by atoms with Crippen LogP contribution in [-0.4, -0.2) is 56.4 Å². The number of nitrogens with zero attached hydrogens (tertiary/aromatic N) is 3. The highest BCUT2D eigenvalue weighted by Crippen LogP contribution is 2.08. The van der Waals surface area contributed by atoms with Crippen molar-refractivity contribution < 1.29 is 9.34 Å². The van der Waals surface area contributed by atoms with Gasteiger partial charge in [-0.2, -0.15) is 0 Å². The van der Waals surface area contributed by atoms with Gasteiger partial charge >= 0.3 is 0 Å². The molecule has 0 aliphatic rings. The fourth-order valence-corrected chi connectivity index (χ4v) is 1.75. The molecule has 0 saturated heterocycles. The number of nitrogens with one attached hydrogen (secondary N) is 2. The van der Waals surface area contributed by atoms with Gasteiger partial charge in [0.15, 0.2) is 5.84 Å². The molecule has 21 heavy (non-hydrogen) atoms. The van der Waals surface area contributed by atoms with Crippen LogP contribution >= 0.6 is 0 Å². The van der Waals surface area contributed by atoms with Crippen LogP contribution < -0.4 is 10.6 Å². The molecule has 1 heterocycles. The SMILES string of the molecule is CN=C(C[N+](=O)[O-])NCCNCc1ccc(CN(C)C)o1. The maximum absolute atomic E-state index is 10.4. The molecule has 0 aliphatic heterocycles. The molecular weight excluding hydrogens is 274 g/mol. The Balaban J connectivity index is 2.19. The van der Waals surface area contributed by atoms with E-state index in [-0.39, 0.29) is 6.54 Å². The van der Waals surface area contributed by atoms with E-state index in [0.717, 1.165) is 18.1 Å². The Morgan fingerprint density at radius 2 is 2.10 bits per heavy atom. The third-order valence-electron chi connectivity index (χ3n) is 2.67. The molecule has 0 fully saturated rings. The molecule has 1 aromatic heterocycles. The summed E-state index contributed by atoms with van der Waals surface area (Å²) in [6.07, 6.45) is 0. The van der Waals surface area contributed by atoms with Crippen molar-refractivity contribution in [2.45, 2.75) is 13.1 Å². The van der Waals surface area contributed by atoms with Crippen molar-refractivity contribution in [1.29, 1.82) is 0 Å². The van der Waals surface area contributed by atoms with Crippen molar-refractivity contribution in [3.8, 4) is 0 Å². The first-order valence-corrected chi connectivity index (χ1v) is 6.75. The zero-order valence-corrected chi connectivity index (χ0v) is 12.8. The number of furan rings is 1. The van der Waals surface area contributed by atoms with Crippen molar-refractivity contribution in [2.24, 2.45) is 4.99 Å². The van der Waals surface area contributed by atoms with E-state index in [1.54, 1.807) is 0 Å². The summed E-state index contributed by atoms with van der Waals surface area (Å²) in [6.45, 7) is 2.37. The zero-order chi connectivity index (χ0) is 15.7. The summed E-state index contributed by atoms with van der Waals surface area (Å²) >= 11 is 0. The lowest BCUT2D eigenvalue weighted by molar-refractivity contribution is -0.463. The monoisotopic (exact) mass is 297 g/mol. The summed E-state index contributed by atoms with van der Waals surface area (Å²) in [7, 11) is 5.52. The van der Waals surface area contributed by atoms with E-state index >= 15 is 0 Å². The third-order valence-corrected chi connectivity index (χ3v) is 2.67. The topological polar surface area (TPSA) is 95.9 Å². The van der Waals surface area contributed by atoms with Gasteiger partial charge in [-0.05, 0) is 26.2 Å². The molecule has 0 bridgehead atoms. The van der Waals surface area contributed by atoms with Gasteiger partial charge in [-0.25, -0.2) is 0 Å². The number of hydrogen-bond donors (Lipinski definition) is 2. The van der Waals surface area contributed by atoms with Crippen LogP contribution in [0.2, 0.25) is 0 Å². The Bertz CT molecular complexity index is 470. The third kappa shape index (κ3) is 7.42. The van der Waals surface area contributed by atoms with Gasteiger partial charge in [0.1, 0.15) is 11.5 Å². The maximum Gasteiger partial charge on any atom is 0.259 e. The standard InChI is InChI=1S/C13H23N5O3/c1-14-13(10-18(19)20)16-7-6-15-8-11-4-5-12(21-11)9-17(2)3/h4-5,15H,6-10H2,1-3H3,(H,14,16). The van der Waals surface area contributed by atoms with E-state index in [1.807, 2.05) is 31.1 Å². The van der Waals surface area contributed by atoms with E-state index in [0.29, 0.717) is 25.5 Å². The Hall–Kier alpha value is -1.93. The lowest BCUT2D eigenvalue weighted by Gasteiger charge is -2.07. The van der Waals surface area contributed by atoms with Crippen molar-refractivity contribution in [2.75, 3.05) is 40.8 Å². The second kappa shape index (κ2) is 9.09. The first-order valence-electron chi connectivity index (χ1n) is 6.75. The highest BCUT2D eigenvalue weighted by molar-refractivity contribution is 5.82. The lowest BCUT2D eigenvalue weighted by Crippen LogP contribution is -2.35. The Kier molecular flexibility index (Phi) is 7.41. The van der Waals surface area contributed by atoms with Gasteiger partial charge in [-0.1, -0.05) is 0 Å². The van der Waals surface area contributed by atoms with E-state index in [4.69, 9.17) is 4.42 Å². The molecule has 2 N–H and O–H groups in total. The van der Waals surface area contributed by atoms with Crippen LogP contribution in [0.5, 0.6) is 0 Å². The Morgan fingerprint density at radius 3 is 2.71 bits per heavy atom. The quantitative estimate of drug-likeness (QED) is 0.224. The molecule has 0 atom stereocenters. The van der Waals surface area contributed by atoms with Crippen LogP contribution in [0.1, 0.15) is 11.5 Å². The van der Waals surface area contributed by atoms with Crippen molar-refractivity contribution in [1.82, 2.24) is 15.5 Å². The van der Waals surface area contributed by atoms with Gasteiger partial charge in [-0.3, -0.25) is 15.1 Å². The highest BCUT2D eigenvalue weighted by Gasteiger charge is 2.05. The van der Waals surface area contributed by atoms with Gasteiger partial charge in [0, 0.05) is 25.1 Å². The van der Waals surface area contributed by atoms with Crippen LogP contribution in [0.15, 0.2) is 21.5 Å². The Morgan fingerprint density at radius 1 is 1.38 bits per heavy atom. The fourth-order valence-electron chi connectivity index (χ4n) is 1.75. The largest absolute Gasteiger partial charge is 0.463 e. The molecule has 1 rings (SSSR count). The smallest absolute Gasteiger partial charge is 0.259 e. The number of rotatable bonds is 9. The van der Waals surface area contributed by atoms with E-state index in [1.165, 1.54) is 7.05 Å². The molecule has 1 aromatic rings. The summed E-state index contributed by atoms with van der Waals surface area (Å²) < 4.78 is 5.66. The average Bonchev–Trinajstić information content (AvgIpc) is 2.83. The Labute approximate surface area is 124 Å². The summed E-state index contributed by atoms with van der Waals surface area (Å²) in [4.78, 5) is 15.8. The minimum Gasteiger partial charge on any atom is -0.463 e. The molecule has 0 saturated carbocycles. The van der Waals surface area contributed by atoms with Crippen molar-refractivity contribution in [3.63, 3.8) is 0 Å². The number of aliphatic imine (C=N–C) groups is 1. The highest BCUT2D eigenvalue weighted by atomic mass is 16.6. The van der Waals surface area contributed by atoms with Gasteiger partial charge in [0.2, 0.25) is 0 Å². The molecule has 0 aromatic carbocycles. The van der Waals surface area contributed by atoms with E-state index in [2.05, 4.69) is 15.6 Å². The maximum atomic E-state index is 10.4. The molecule has 0 spiro atoms. The lowest BCUT2D eigenvalue weighted by atomic mass is 10.4. The first kappa shape index (κ1) is 17.1. The van der Waals surface area contributed by atoms with Crippen LogP contribution in [0.3, 0.4) is 0 Å². The van der Waals surface area contributed by atoms with E-state index in [9.17, 15) is 10.1 Å². The zero-order valence-electron chi connectivity index (χ0n) is 12.8. The first-order chi connectivity index (χ1) is 10.0. The minimum absolute atomic E-state index is 0.275. The van der Waals surface area contributed by atoms with Gasteiger partial charge < -0.3 is 20.0 Å². The van der Waals surface area contributed by atoms with Crippen molar-refractivity contribution in [3.05, 3.63) is 33.8 Å². The summed E-state index contributed by atoms with van der Waals surface area (Å²) in [6, 6.07) is 3.92. The fraction of sp³-hybridized carbons (Fsp3) is 0.615. The molecule has 0 unspecified atom stereocenters. The molecule has 8 heteroatoms. The average molecular weight is 297 g/mol. The molecule has 0 radical (unpaired) electrons. The summed E-state index contributed by atoms with van der Waals surface area (Å²) in [5.41, 5.74) is 0. The number of hydrogen-bond acceptors (Lipinski definition) is 6. The molecule has 0 aliphatic carbocycles. The molecule has 118 valence electrons. The second-order valence-corrected chi connectivity index (χ2v) is 4.87. The van der Waals surface area contributed by atoms with Gasteiger partial charge in [0.25, 0.3) is 6.54 Å². The normalized spacial score (nSPS) is 11.9. The molecule has 8 nitrogen and oxygen atoms in total. The summed E-state index contributed by atoms with van der Waals surface area (Å²) in [5.74, 6) is 2.19. The molecular formula is C13H23N5O3. The number of nitro groups is 1. The summed E-state index contributed by atoms with van der Waals surface area (Å²) in [5, 5.41) is 16.5. The van der Waals surface area contributed by atoms with Gasteiger partial charge in [-0.15, -0.1) is 0 Å². The van der Waals surface area contributed by atoms with Crippen LogP contribution in [0.25, 0.3) is 0 Å². The van der Waals surface area contributed by atoms with Crippen molar-refractivity contribution >= 4 is 5.84 Å². The van der Waals surface area contributed by atoms with Gasteiger partial charge in [0.05, 0.1) is 13.1 Å². The number of amidine groups is 1. The predicted octanol–water partition coefficient (Wildman–Crippen LogP) is 0.325. The van der Waals surface area contributed by atoms with Crippen LogP contribution in [0, 0.1) is 10.1 Å². The van der Waals surface area contributed by atoms with Crippen LogP contribution in [0.4, 0.5) is 0 Å². The second-order valence-electron chi connectivity index (χ2n) is 4.87. The minimum atomic E-state index is -0.405. The molecule has 0 amide bonds. The predicted molar refractivity (Wildman–Crippen MR) is 81.0 cm³/mol. The van der Waals surface area contributed by atoms with Crippen LogP contribution in [-0.2, 0) is 13.1 Å². The van der Waals surface area contributed by atoms with E-state index < -0.39 is 4.92 Å².